The summed E-state index contributed by atoms with van der Waals surface area (Å²) in [5, 5.41) is 4.00. The third-order valence-corrected chi connectivity index (χ3v) is 4.20. The normalized spacial score (nSPS) is 10.5. The zero-order valence-electron chi connectivity index (χ0n) is 16.7. The monoisotopic (exact) mass is 400 g/mol. The number of rotatable bonds is 10. The van der Waals surface area contributed by atoms with Gasteiger partial charge >= 0.3 is 0 Å². The molecular formula is C25H24N2O3. The van der Waals surface area contributed by atoms with E-state index in [1.165, 1.54) is 0 Å². The Morgan fingerprint density at radius 1 is 0.967 bits per heavy atom. The largest absolute Gasteiger partial charge is 0.489 e. The van der Waals surface area contributed by atoms with E-state index in [4.69, 9.17) is 9.47 Å². The highest BCUT2D eigenvalue weighted by atomic mass is 16.5. The lowest BCUT2D eigenvalue weighted by Gasteiger charge is -2.09. The number of para-hydroxylation sites is 1. The van der Waals surface area contributed by atoms with Crippen LogP contribution in [0, 0.1) is 0 Å². The molecule has 0 atom stereocenters. The molecule has 0 heterocycles. The molecule has 0 radical (unpaired) electrons. The number of benzene rings is 3. The molecule has 0 unspecified atom stereocenters. The van der Waals surface area contributed by atoms with Crippen molar-refractivity contribution in [3.8, 4) is 11.5 Å². The third-order valence-electron chi connectivity index (χ3n) is 4.20. The Bertz CT molecular complexity index is 1000. The van der Waals surface area contributed by atoms with Crippen LogP contribution in [0.3, 0.4) is 0 Å². The van der Waals surface area contributed by atoms with Crippen molar-refractivity contribution in [3.63, 3.8) is 0 Å². The molecule has 0 aliphatic carbocycles. The predicted octanol–water partition coefficient (Wildman–Crippen LogP) is 4.52. The number of nitrogens with one attached hydrogen (secondary N) is 1. The maximum absolute atomic E-state index is 12.0. The number of hydrogen-bond donors (Lipinski definition) is 1. The van der Waals surface area contributed by atoms with E-state index in [0.717, 1.165) is 22.4 Å². The Hall–Kier alpha value is -3.86. The summed E-state index contributed by atoms with van der Waals surface area (Å²) in [6.07, 6.45) is 4.04. The molecule has 1 N–H and O–H groups in total. The van der Waals surface area contributed by atoms with Gasteiger partial charge in [-0.05, 0) is 41.3 Å². The molecule has 152 valence electrons. The van der Waals surface area contributed by atoms with Crippen LogP contribution < -0.4 is 14.9 Å². The lowest BCUT2D eigenvalue weighted by Crippen LogP contribution is -2.24. The third kappa shape index (κ3) is 6.63. The summed E-state index contributed by atoms with van der Waals surface area (Å²) in [6, 6.07) is 25.0. The standard InChI is InChI=1S/C25H24N2O3/c1-2-9-22-13-6-7-15-24(22)30-19-25(28)27-26-17-21-12-8-14-23(16-21)29-18-20-10-4-3-5-11-20/h2-8,10-17H,1,9,18-19H2,(H,27,28). The van der Waals surface area contributed by atoms with Gasteiger partial charge in [0.2, 0.25) is 0 Å². The highest BCUT2D eigenvalue weighted by Gasteiger charge is 2.05. The van der Waals surface area contributed by atoms with Crippen molar-refractivity contribution in [1.29, 1.82) is 0 Å². The summed E-state index contributed by atoms with van der Waals surface area (Å²) in [6.45, 7) is 4.10. The van der Waals surface area contributed by atoms with Gasteiger partial charge in [0, 0.05) is 0 Å². The van der Waals surface area contributed by atoms with E-state index in [2.05, 4.69) is 17.1 Å². The number of amides is 1. The van der Waals surface area contributed by atoms with E-state index in [9.17, 15) is 4.79 Å². The molecule has 0 bridgehead atoms. The van der Waals surface area contributed by atoms with Crippen molar-refractivity contribution < 1.29 is 14.3 Å². The second-order valence-electron chi connectivity index (χ2n) is 6.53. The molecule has 0 aliphatic heterocycles. The average Bonchev–Trinajstić information content (AvgIpc) is 2.78. The maximum atomic E-state index is 12.0. The zero-order valence-corrected chi connectivity index (χ0v) is 16.7. The molecule has 0 saturated carbocycles. The summed E-state index contributed by atoms with van der Waals surface area (Å²) in [4.78, 5) is 12.0. The van der Waals surface area contributed by atoms with Crippen molar-refractivity contribution in [2.75, 3.05) is 6.61 Å². The number of allylic oxidation sites excluding steroid dienone is 1. The summed E-state index contributed by atoms with van der Waals surface area (Å²) >= 11 is 0. The van der Waals surface area contributed by atoms with E-state index in [-0.39, 0.29) is 12.5 Å². The van der Waals surface area contributed by atoms with E-state index in [1.54, 1.807) is 12.3 Å². The average molecular weight is 400 g/mol. The zero-order chi connectivity index (χ0) is 21.0. The fourth-order valence-electron chi connectivity index (χ4n) is 2.75. The molecule has 0 fully saturated rings. The molecular weight excluding hydrogens is 376 g/mol. The summed E-state index contributed by atoms with van der Waals surface area (Å²) in [5.41, 5.74) is 5.37. The minimum absolute atomic E-state index is 0.119. The predicted molar refractivity (Wildman–Crippen MR) is 119 cm³/mol. The van der Waals surface area contributed by atoms with Crippen molar-refractivity contribution in [3.05, 3.63) is 108 Å². The Morgan fingerprint density at radius 3 is 2.60 bits per heavy atom. The van der Waals surface area contributed by atoms with Crippen LogP contribution in [0.25, 0.3) is 0 Å². The summed E-state index contributed by atoms with van der Waals surface area (Å²) < 4.78 is 11.4. The fourth-order valence-corrected chi connectivity index (χ4v) is 2.75. The lowest BCUT2D eigenvalue weighted by molar-refractivity contribution is -0.123. The second-order valence-corrected chi connectivity index (χ2v) is 6.53. The Labute approximate surface area is 176 Å². The first-order chi connectivity index (χ1) is 14.7. The van der Waals surface area contributed by atoms with Crippen LogP contribution in [0.4, 0.5) is 0 Å². The van der Waals surface area contributed by atoms with Crippen molar-refractivity contribution >= 4 is 12.1 Å². The highest BCUT2D eigenvalue weighted by molar-refractivity contribution is 5.83. The quantitative estimate of drug-likeness (QED) is 0.309. The minimum Gasteiger partial charge on any atom is -0.489 e. The van der Waals surface area contributed by atoms with Gasteiger partial charge in [-0.1, -0.05) is 66.7 Å². The number of hydrogen-bond acceptors (Lipinski definition) is 4. The van der Waals surface area contributed by atoms with Crippen LogP contribution in [0.2, 0.25) is 0 Å². The number of carbonyl (C=O) groups excluding carboxylic acids is 1. The van der Waals surface area contributed by atoms with Crippen LogP contribution in [-0.4, -0.2) is 18.7 Å². The van der Waals surface area contributed by atoms with E-state index >= 15 is 0 Å². The Morgan fingerprint density at radius 2 is 1.77 bits per heavy atom. The molecule has 1 amide bonds. The highest BCUT2D eigenvalue weighted by Crippen LogP contribution is 2.18. The number of ether oxygens (including phenoxy) is 2. The van der Waals surface area contributed by atoms with Gasteiger partial charge in [-0.15, -0.1) is 6.58 Å². The minimum atomic E-state index is -0.337. The fraction of sp³-hybridized carbons (Fsp3) is 0.120. The molecule has 3 aromatic rings. The summed E-state index contributed by atoms with van der Waals surface area (Å²) in [7, 11) is 0. The number of nitrogens with zero attached hydrogens (tertiary/aromatic N) is 1. The van der Waals surface area contributed by atoms with Crippen molar-refractivity contribution in [2.45, 2.75) is 13.0 Å². The van der Waals surface area contributed by atoms with Gasteiger partial charge in [0.1, 0.15) is 18.1 Å². The van der Waals surface area contributed by atoms with Gasteiger partial charge in [0.25, 0.3) is 5.91 Å². The Balaban J connectivity index is 1.48. The molecule has 0 aromatic heterocycles. The smallest absolute Gasteiger partial charge is 0.277 e. The molecule has 0 aliphatic rings. The first-order valence-electron chi connectivity index (χ1n) is 9.65. The van der Waals surface area contributed by atoms with Gasteiger partial charge < -0.3 is 9.47 Å². The molecule has 5 nitrogen and oxygen atoms in total. The van der Waals surface area contributed by atoms with Gasteiger partial charge in [-0.25, -0.2) is 5.43 Å². The van der Waals surface area contributed by atoms with E-state index < -0.39 is 0 Å². The molecule has 3 rings (SSSR count). The Kier molecular flexibility index (Phi) is 7.80. The van der Waals surface area contributed by atoms with Crippen LogP contribution in [0.1, 0.15) is 16.7 Å². The maximum Gasteiger partial charge on any atom is 0.277 e. The first kappa shape index (κ1) is 20.9. The first-order valence-corrected chi connectivity index (χ1v) is 9.65. The second kappa shape index (κ2) is 11.2. The van der Waals surface area contributed by atoms with Crippen LogP contribution >= 0.6 is 0 Å². The van der Waals surface area contributed by atoms with Crippen LogP contribution in [-0.2, 0) is 17.8 Å². The lowest BCUT2D eigenvalue weighted by atomic mass is 10.1. The van der Waals surface area contributed by atoms with Crippen molar-refractivity contribution in [2.24, 2.45) is 5.10 Å². The van der Waals surface area contributed by atoms with Gasteiger partial charge in [-0.2, -0.15) is 5.10 Å². The molecule has 3 aromatic carbocycles. The van der Waals surface area contributed by atoms with Crippen LogP contribution in [0.5, 0.6) is 11.5 Å². The SMILES string of the molecule is C=CCc1ccccc1OCC(=O)NN=Cc1cccc(OCc2ccccc2)c1. The van der Waals surface area contributed by atoms with E-state index in [0.29, 0.717) is 18.8 Å². The summed E-state index contributed by atoms with van der Waals surface area (Å²) in [5.74, 6) is 1.06. The molecule has 30 heavy (non-hydrogen) atoms. The number of hydrazone groups is 1. The molecule has 0 saturated heterocycles. The van der Waals surface area contributed by atoms with Crippen molar-refractivity contribution in [1.82, 2.24) is 5.43 Å². The van der Waals surface area contributed by atoms with E-state index in [1.807, 2.05) is 78.9 Å². The van der Waals surface area contributed by atoms with Gasteiger partial charge in [0.05, 0.1) is 6.21 Å². The van der Waals surface area contributed by atoms with Crippen LogP contribution in [0.15, 0.2) is 96.6 Å². The van der Waals surface area contributed by atoms with Gasteiger partial charge in [0.15, 0.2) is 6.61 Å². The van der Waals surface area contributed by atoms with Gasteiger partial charge in [-0.3, -0.25) is 4.79 Å². The topological polar surface area (TPSA) is 59.9 Å². The molecule has 0 spiro atoms. The number of carbonyl (C=O) groups is 1. The molecule has 5 heteroatoms.